The fraction of sp³-hybridized carbons (Fsp3) is 0.190. The Hall–Kier alpha value is -3.13. The number of amides is 2. The molecular weight excluding hydrogens is 397 g/mol. The molecule has 0 unspecified atom stereocenters. The molecule has 0 N–H and O–H groups in total. The Labute approximate surface area is 171 Å². The van der Waals surface area contributed by atoms with E-state index in [1.807, 2.05) is 0 Å². The molecule has 0 aliphatic carbocycles. The molecule has 1 fully saturated rings. The predicted molar refractivity (Wildman–Crippen MR) is 106 cm³/mol. The lowest BCUT2D eigenvalue weighted by molar-refractivity contribution is -0.145. The minimum atomic E-state index is -0.648. The molecule has 2 aromatic rings. The Balaban J connectivity index is 1.77. The van der Waals surface area contributed by atoms with Crippen molar-refractivity contribution in [3.8, 4) is 5.75 Å². The molecular formula is C21H18FNO5S. The maximum Gasteiger partial charge on any atom is 0.326 e. The van der Waals surface area contributed by atoms with Gasteiger partial charge in [0.05, 0.1) is 11.5 Å². The Morgan fingerprint density at radius 3 is 2.62 bits per heavy atom. The van der Waals surface area contributed by atoms with Gasteiger partial charge in [0.25, 0.3) is 11.1 Å². The summed E-state index contributed by atoms with van der Waals surface area (Å²) >= 11 is 0.738. The number of para-hydroxylation sites is 1. The molecule has 8 heteroatoms. The highest BCUT2D eigenvalue weighted by Crippen LogP contribution is 2.34. The highest BCUT2D eigenvalue weighted by atomic mass is 32.2. The lowest BCUT2D eigenvalue weighted by Crippen LogP contribution is -2.34. The normalized spacial score (nSPS) is 15.1. The number of carbonyl (C=O) groups is 3. The van der Waals surface area contributed by atoms with Crippen LogP contribution in [0.25, 0.3) is 6.08 Å². The van der Waals surface area contributed by atoms with E-state index in [0.717, 1.165) is 16.7 Å². The third kappa shape index (κ3) is 5.03. The fourth-order valence-corrected chi connectivity index (χ4v) is 3.44. The summed E-state index contributed by atoms with van der Waals surface area (Å²) in [7, 11) is 0. The van der Waals surface area contributed by atoms with Gasteiger partial charge in [-0.3, -0.25) is 19.3 Å². The van der Waals surface area contributed by atoms with E-state index < -0.39 is 23.7 Å². The Bertz CT molecular complexity index is 975. The van der Waals surface area contributed by atoms with Crippen LogP contribution >= 0.6 is 11.8 Å². The van der Waals surface area contributed by atoms with E-state index in [2.05, 4.69) is 0 Å². The van der Waals surface area contributed by atoms with E-state index in [1.165, 1.54) is 12.1 Å². The van der Waals surface area contributed by atoms with Gasteiger partial charge in [-0.05, 0) is 36.9 Å². The van der Waals surface area contributed by atoms with Crippen molar-refractivity contribution >= 4 is 35.0 Å². The van der Waals surface area contributed by atoms with Gasteiger partial charge in [-0.2, -0.15) is 0 Å². The van der Waals surface area contributed by atoms with Crippen molar-refractivity contribution in [2.45, 2.75) is 13.5 Å². The Morgan fingerprint density at radius 1 is 1.14 bits per heavy atom. The van der Waals surface area contributed by atoms with Crippen LogP contribution in [-0.2, 0) is 20.9 Å². The average Bonchev–Trinajstić information content (AvgIpc) is 2.96. The number of thioether (sulfide) groups is 1. The van der Waals surface area contributed by atoms with Crippen molar-refractivity contribution in [2.24, 2.45) is 0 Å². The van der Waals surface area contributed by atoms with Gasteiger partial charge in [-0.1, -0.05) is 36.4 Å². The van der Waals surface area contributed by atoms with E-state index in [1.54, 1.807) is 49.4 Å². The van der Waals surface area contributed by atoms with Crippen molar-refractivity contribution in [1.29, 1.82) is 0 Å². The summed E-state index contributed by atoms with van der Waals surface area (Å²) < 4.78 is 24.3. The summed E-state index contributed by atoms with van der Waals surface area (Å²) in [5, 5.41) is -0.543. The van der Waals surface area contributed by atoms with E-state index in [-0.39, 0.29) is 23.9 Å². The molecule has 150 valence electrons. The highest BCUT2D eigenvalue weighted by molar-refractivity contribution is 8.18. The number of rotatable bonds is 7. The second-order valence-electron chi connectivity index (χ2n) is 5.99. The van der Waals surface area contributed by atoms with Crippen molar-refractivity contribution in [2.75, 3.05) is 13.2 Å². The van der Waals surface area contributed by atoms with Crippen LogP contribution in [0.15, 0.2) is 53.4 Å². The molecule has 1 aliphatic rings. The van der Waals surface area contributed by atoms with Gasteiger partial charge < -0.3 is 9.47 Å². The van der Waals surface area contributed by atoms with Crippen LogP contribution in [0.5, 0.6) is 5.75 Å². The third-order valence-electron chi connectivity index (χ3n) is 4.01. The molecule has 3 rings (SSSR count). The molecule has 0 saturated carbocycles. The number of esters is 1. The largest absolute Gasteiger partial charge is 0.488 e. The number of hydrogen-bond donors (Lipinski definition) is 0. The van der Waals surface area contributed by atoms with Gasteiger partial charge in [-0.25, -0.2) is 4.39 Å². The SMILES string of the molecule is CCOC(=O)CN1C(=O)S/C(=C/c2ccccc2OCc2ccccc2F)C1=O. The number of benzene rings is 2. The van der Waals surface area contributed by atoms with Crippen molar-refractivity contribution < 1.29 is 28.2 Å². The minimum Gasteiger partial charge on any atom is -0.488 e. The number of nitrogens with zero attached hydrogens (tertiary/aromatic N) is 1. The predicted octanol–water partition coefficient (Wildman–Crippen LogP) is 4.00. The molecule has 0 aromatic heterocycles. The van der Waals surface area contributed by atoms with Crippen molar-refractivity contribution in [3.63, 3.8) is 0 Å². The summed E-state index contributed by atoms with van der Waals surface area (Å²) in [5.74, 6) is -1.15. The fourth-order valence-electron chi connectivity index (χ4n) is 2.62. The minimum absolute atomic E-state index is 0.0157. The smallest absolute Gasteiger partial charge is 0.326 e. The molecule has 1 aliphatic heterocycles. The van der Waals surface area contributed by atoms with Crippen LogP contribution in [0.2, 0.25) is 0 Å². The summed E-state index contributed by atoms with van der Waals surface area (Å²) in [6, 6.07) is 13.2. The zero-order valence-corrected chi connectivity index (χ0v) is 16.4. The summed E-state index contributed by atoms with van der Waals surface area (Å²) in [6.45, 7) is 1.39. The first-order valence-electron chi connectivity index (χ1n) is 8.85. The maximum absolute atomic E-state index is 13.8. The van der Waals surface area contributed by atoms with E-state index in [9.17, 15) is 18.8 Å². The van der Waals surface area contributed by atoms with Crippen LogP contribution in [0.4, 0.5) is 9.18 Å². The van der Waals surface area contributed by atoms with Gasteiger partial charge in [0.1, 0.15) is 24.7 Å². The van der Waals surface area contributed by atoms with Gasteiger partial charge in [0.15, 0.2) is 0 Å². The van der Waals surface area contributed by atoms with E-state index in [0.29, 0.717) is 16.9 Å². The lowest BCUT2D eigenvalue weighted by atomic mass is 10.1. The zero-order chi connectivity index (χ0) is 20.8. The van der Waals surface area contributed by atoms with Crippen LogP contribution in [0.3, 0.4) is 0 Å². The first kappa shape index (κ1) is 20.6. The Morgan fingerprint density at radius 2 is 1.86 bits per heavy atom. The molecule has 29 heavy (non-hydrogen) atoms. The third-order valence-corrected chi connectivity index (χ3v) is 4.92. The molecule has 6 nitrogen and oxygen atoms in total. The average molecular weight is 415 g/mol. The first-order valence-corrected chi connectivity index (χ1v) is 9.67. The Kier molecular flexibility index (Phi) is 6.66. The monoisotopic (exact) mass is 415 g/mol. The molecule has 2 aromatic carbocycles. The van der Waals surface area contributed by atoms with Gasteiger partial charge in [-0.15, -0.1) is 0 Å². The molecule has 1 heterocycles. The lowest BCUT2D eigenvalue weighted by Gasteiger charge is -2.11. The molecule has 0 spiro atoms. The van der Waals surface area contributed by atoms with E-state index >= 15 is 0 Å². The van der Waals surface area contributed by atoms with Gasteiger partial charge in [0.2, 0.25) is 0 Å². The van der Waals surface area contributed by atoms with Crippen LogP contribution in [0, 0.1) is 5.82 Å². The molecule has 1 saturated heterocycles. The van der Waals surface area contributed by atoms with Crippen molar-refractivity contribution in [3.05, 3.63) is 70.4 Å². The number of imide groups is 1. The highest BCUT2D eigenvalue weighted by Gasteiger charge is 2.36. The molecule has 2 amide bonds. The van der Waals surface area contributed by atoms with Crippen LogP contribution < -0.4 is 4.74 Å². The summed E-state index contributed by atoms with van der Waals surface area (Å²) in [6.07, 6.45) is 1.52. The van der Waals surface area contributed by atoms with Gasteiger partial charge >= 0.3 is 5.97 Å². The second kappa shape index (κ2) is 9.38. The number of halogens is 1. The standard InChI is InChI=1S/C21H18FNO5S/c1-2-27-19(24)12-23-20(25)18(29-21(23)26)11-14-7-4-6-10-17(14)28-13-15-8-3-5-9-16(15)22/h3-11H,2,12-13H2,1H3/b18-11+. The number of ether oxygens (including phenoxy) is 2. The van der Waals surface area contributed by atoms with Crippen LogP contribution in [-0.4, -0.2) is 35.2 Å². The van der Waals surface area contributed by atoms with Crippen molar-refractivity contribution in [1.82, 2.24) is 4.90 Å². The quantitative estimate of drug-likeness (QED) is 0.503. The molecule has 0 bridgehead atoms. The van der Waals surface area contributed by atoms with E-state index in [4.69, 9.17) is 9.47 Å². The topological polar surface area (TPSA) is 72.9 Å². The molecule has 0 atom stereocenters. The maximum atomic E-state index is 13.8. The summed E-state index contributed by atoms with van der Waals surface area (Å²) in [5.41, 5.74) is 0.961. The molecule has 0 radical (unpaired) electrons. The second-order valence-corrected chi connectivity index (χ2v) is 6.98. The van der Waals surface area contributed by atoms with Gasteiger partial charge in [0, 0.05) is 11.1 Å². The first-order chi connectivity index (χ1) is 14.0. The van der Waals surface area contributed by atoms with Crippen LogP contribution in [0.1, 0.15) is 18.1 Å². The summed E-state index contributed by atoms with van der Waals surface area (Å²) in [4.78, 5) is 37.2. The zero-order valence-electron chi connectivity index (χ0n) is 15.6. The number of hydrogen-bond acceptors (Lipinski definition) is 6. The number of carbonyl (C=O) groups excluding carboxylic acids is 3.